The maximum atomic E-state index is 8.89. The van der Waals surface area contributed by atoms with Gasteiger partial charge in [-0.05, 0) is 19.1 Å². The molecule has 2 heterocycles. The van der Waals surface area contributed by atoms with Crippen LogP contribution in [0.15, 0.2) is 41.5 Å². The number of aryl methyl sites for hydroxylation is 1. The molecule has 0 aliphatic carbocycles. The van der Waals surface area contributed by atoms with Gasteiger partial charge in [0.1, 0.15) is 24.7 Å². The molecule has 2 aromatic heterocycles. The van der Waals surface area contributed by atoms with E-state index < -0.39 is 5.97 Å². The maximum absolute atomic E-state index is 8.89. The lowest BCUT2D eigenvalue weighted by molar-refractivity contribution is -0.671. The minimum absolute atomic E-state index is 0.792. The van der Waals surface area contributed by atoms with Crippen LogP contribution in [0.2, 0.25) is 0 Å². The van der Waals surface area contributed by atoms with Gasteiger partial charge in [-0.1, -0.05) is 0 Å². The van der Waals surface area contributed by atoms with Gasteiger partial charge in [0.2, 0.25) is 6.33 Å². The van der Waals surface area contributed by atoms with E-state index in [1.165, 1.54) is 0 Å². The lowest BCUT2D eigenvalue weighted by Crippen LogP contribution is -2.25. The molecule has 0 unspecified atom stereocenters. The van der Waals surface area contributed by atoms with Crippen LogP contribution in [-0.4, -0.2) is 17.1 Å². The minimum atomic E-state index is -1.08. The summed E-state index contributed by atoms with van der Waals surface area (Å²) in [6.45, 7) is 3.68. The van der Waals surface area contributed by atoms with Crippen LogP contribution in [0.1, 0.15) is 12.7 Å². The first-order valence-corrected chi connectivity index (χ1v) is 5.99. The third-order valence-corrected chi connectivity index (χ3v) is 2.25. The molecule has 19 heavy (non-hydrogen) atoms. The molecule has 6 nitrogen and oxygen atoms in total. The molecule has 0 radical (unpaired) electrons. The highest BCUT2D eigenvalue weighted by Crippen LogP contribution is 1.97. The van der Waals surface area contributed by atoms with Gasteiger partial charge in [-0.15, -0.1) is 0 Å². The van der Waals surface area contributed by atoms with Crippen LogP contribution in [0.4, 0.5) is 0 Å². The molecule has 0 fully saturated rings. The molecular formula is C13H19N3O3. The van der Waals surface area contributed by atoms with Crippen molar-refractivity contribution in [3.8, 4) is 0 Å². The topological polar surface area (TPSA) is 74.1 Å². The predicted octanol–water partition coefficient (Wildman–Crippen LogP) is -0.548. The molecule has 0 atom stereocenters. The van der Waals surface area contributed by atoms with E-state index in [4.69, 9.17) is 14.3 Å². The van der Waals surface area contributed by atoms with E-state index in [1.807, 2.05) is 29.9 Å². The summed E-state index contributed by atoms with van der Waals surface area (Å²) in [5.74, 6) is -0.104. The van der Waals surface area contributed by atoms with Crippen LogP contribution < -0.4 is 15.0 Å². The van der Waals surface area contributed by atoms with Crippen molar-refractivity contribution in [2.75, 3.05) is 6.54 Å². The summed E-state index contributed by atoms with van der Waals surface area (Å²) >= 11 is 0. The van der Waals surface area contributed by atoms with Crippen LogP contribution in [0, 0.1) is 0 Å². The van der Waals surface area contributed by atoms with E-state index in [0.717, 1.165) is 32.3 Å². The van der Waals surface area contributed by atoms with Crippen molar-refractivity contribution in [3.63, 3.8) is 0 Å². The Balaban J connectivity index is 0.000000399. The van der Waals surface area contributed by atoms with Crippen LogP contribution in [0.25, 0.3) is 0 Å². The molecule has 1 N–H and O–H groups in total. The molecule has 2 aromatic rings. The maximum Gasteiger partial charge on any atom is 0.243 e. The van der Waals surface area contributed by atoms with E-state index in [2.05, 4.69) is 22.4 Å². The summed E-state index contributed by atoms with van der Waals surface area (Å²) in [5.41, 5.74) is 0. The Labute approximate surface area is 112 Å². The van der Waals surface area contributed by atoms with Crippen molar-refractivity contribution in [2.45, 2.75) is 20.0 Å². The second-order valence-corrected chi connectivity index (χ2v) is 4.06. The average Bonchev–Trinajstić information content (AvgIpc) is 2.95. The van der Waals surface area contributed by atoms with Gasteiger partial charge in [0, 0.05) is 12.5 Å². The number of rotatable bonds is 5. The number of carboxylic acids is 1. The lowest BCUT2D eigenvalue weighted by atomic mass is 10.4. The van der Waals surface area contributed by atoms with E-state index in [9.17, 15) is 0 Å². The predicted molar refractivity (Wildman–Crippen MR) is 66.7 cm³/mol. The van der Waals surface area contributed by atoms with Crippen molar-refractivity contribution in [1.29, 1.82) is 0 Å². The molecule has 0 bridgehead atoms. The van der Waals surface area contributed by atoms with Crippen molar-refractivity contribution in [2.24, 2.45) is 7.05 Å². The normalized spacial score (nSPS) is 9.79. The Bertz CT molecular complexity index is 473. The third-order valence-electron chi connectivity index (χ3n) is 2.25. The van der Waals surface area contributed by atoms with Crippen molar-refractivity contribution in [1.82, 2.24) is 9.88 Å². The Hall–Kier alpha value is -2.08. The number of aliphatic carboxylic acids is 1. The summed E-state index contributed by atoms with van der Waals surface area (Å²) in [6, 6.07) is 3.88. The molecular weight excluding hydrogens is 246 g/mol. The van der Waals surface area contributed by atoms with Crippen molar-refractivity contribution >= 4 is 5.97 Å². The summed E-state index contributed by atoms with van der Waals surface area (Å²) in [7, 11) is 2.02. The summed E-state index contributed by atoms with van der Waals surface area (Å²) in [4.78, 5) is 8.89. The Kier molecular flexibility index (Phi) is 6.38. The van der Waals surface area contributed by atoms with Gasteiger partial charge in [0.25, 0.3) is 0 Å². The number of nitrogens with one attached hydrogen (secondary N) is 1. The van der Waals surface area contributed by atoms with E-state index in [-0.39, 0.29) is 0 Å². The van der Waals surface area contributed by atoms with Gasteiger partial charge < -0.3 is 19.6 Å². The summed E-state index contributed by atoms with van der Waals surface area (Å²) in [5, 5.41) is 12.2. The highest BCUT2D eigenvalue weighted by molar-refractivity contribution is 5.60. The first kappa shape index (κ1) is 15.0. The Morgan fingerprint density at radius 3 is 2.84 bits per heavy atom. The monoisotopic (exact) mass is 265 g/mol. The SMILES string of the molecule is CC(=O)[O-].C[n+]1ccn(CCNCc2ccco2)c1. The van der Waals surface area contributed by atoms with Crippen LogP contribution in [0.3, 0.4) is 0 Å². The zero-order valence-corrected chi connectivity index (χ0v) is 11.2. The number of hydrogen-bond donors (Lipinski definition) is 1. The van der Waals surface area contributed by atoms with E-state index in [0.29, 0.717) is 0 Å². The standard InChI is InChI=1S/C11H16N3O.C2H4O2/c1-13-6-7-14(10-13)5-4-12-9-11-3-2-8-15-11;1-2(3)4/h2-3,6-8,10,12H,4-5,9H2,1H3;1H3,(H,3,4)/q+1;/p-1. The first-order valence-electron chi connectivity index (χ1n) is 5.99. The second kappa shape index (κ2) is 8.10. The molecule has 104 valence electrons. The van der Waals surface area contributed by atoms with Gasteiger partial charge in [-0.2, -0.15) is 0 Å². The number of imidazole rings is 1. The highest BCUT2D eigenvalue weighted by Gasteiger charge is 1.99. The third kappa shape index (κ3) is 7.05. The van der Waals surface area contributed by atoms with Gasteiger partial charge in [-0.25, -0.2) is 9.13 Å². The molecule has 0 amide bonds. The van der Waals surface area contributed by atoms with E-state index in [1.54, 1.807) is 6.26 Å². The van der Waals surface area contributed by atoms with Crippen LogP contribution in [0.5, 0.6) is 0 Å². The number of aromatic nitrogens is 2. The van der Waals surface area contributed by atoms with Crippen LogP contribution >= 0.6 is 0 Å². The number of carbonyl (C=O) groups is 1. The summed E-state index contributed by atoms with van der Waals surface area (Å²) in [6.07, 6.45) is 7.86. The van der Waals surface area contributed by atoms with Gasteiger partial charge in [0.05, 0.1) is 19.9 Å². The fourth-order valence-corrected chi connectivity index (χ4v) is 1.47. The fraction of sp³-hybridized carbons (Fsp3) is 0.385. The molecule has 2 rings (SSSR count). The molecule has 0 saturated carbocycles. The molecule has 6 heteroatoms. The number of carboxylic acid groups (broad SMARTS) is 1. The van der Waals surface area contributed by atoms with Gasteiger partial charge >= 0.3 is 0 Å². The van der Waals surface area contributed by atoms with Crippen LogP contribution in [-0.2, 0) is 24.9 Å². The Morgan fingerprint density at radius 1 is 1.58 bits per heavy atom. The Morgan fingerprint density at radius 2 is 2.32 bits per heavy atom. The fourth-order valence-electron chi connectivity index (χ4n) is 1.47. The molecule has 0 saturated heterocycles. The van der Waals surface area contributed by atoms with Crippen molar-refractivity contribution < 1.29 is 18.9 Å². The molecule has 0 aromatic carbocycles. The van der Waals surface area contributed by atoms with Gasteiger partial charge in [-0.3, -0.25) is 0 Å². The molecule has 0 aliphatic rings. The summed E-state index contributed by atoms with van der Waals surface area (Å²) < 4.78 is 9.40. The number of nitrogens with zero attached hydrogens (tertiary/aromatic N) is 2. The number of hydrogen-bond acceptors (Lipinski definition) is 4. The zero-order valence-electron chi connectivity index (χ0n) is 11.2. The minimum Gasteiger partial charge on any atom is -0.550 e. The average molecular weight is 265 g/mol. The van der Waals surface area contributed by atoms with Crippen molar-refractivity contribution in [3.05, 3.63) is 42.9 Å². The smallest absolute Gasteiger partial charge is 0.243 e. The lowest BCUT2D eigenvalue weighted by Gasteiger charge is -1.99. The highest BCUT2D eigenvalue weighted by atomic mass is 16.4. The quantitative estimate of drug-likeness (QED) is 0.581. The molecule has 0 spiro atoms. The van der Waals surface area contributed by atoms with E-state index >= 15 is 0 Å². The van der Waals surface area contributed by atoms with Gasteiger partial charge in [0.15, 0.2) is 0 Å². The largest absolute Gasteiger partial charge is 0.550 e. The number of furan rings is 1. The number of carbonyl (C=O) groups excluding carboxylic acids is 1. The first-order chi connectivity index (χ1) is 9.08. The molecule has 0 aliphatic heterocycles. The second-order valence-electron chi connectivity index (χ2n) is 4.06. The zero-order chi connectivity index (χ0) is 14.1.